The fraction of sp³-hybridized carbons (Fsp3) is 0.310. The molecule has 3 rings (SSSR count). The molecule has 1 N–H and O–H groups in total. The van der Waals surface area contributed by atoms with Crippen LogP contribution in [0.15, 0.2) is 77.7 Å². The van der Waals surface area contributed by atoms with Gasteiger partial charge in [0.2, 0.25) is 11.8 Å². The lowest BCUT2D eigenvalue weighted by molar-refractivity contribution is -0.141. The van der Waals surface area contributed by atoms with Gasteiger partial charge in [0, 0.05) is 27.2 Å². The van der Waals surface area contributed by atoms with E-state index in [0.29, 0.717) is 26.3 Å². The first-order valence-corrected chi connectivity index (χ1v) is 15.2. The number of benzene rings is 3. The highest BCUT2D eigenvalue weighted by Gasteiger charge is 2.34. The van der Waals surface area contributed by atoms with Gasteiger partial charge in [-0.05, 0) is 81.3 Å². The summed E-state index contributed by atoms with van der Waals surface area (Å²) in [4.78, 5) is 28.8. The molecule has 1 atom stereocenters. The van der Waals surface area contributed by atoms with E-state index in [2.05, 4.69) is 5.32 Å². The Morgan fingerprint density at radius 3 is 2.05 bits per heavy atom. The standard InChI is InChI=1S/C29H32Cl3N3O4S/c1-5-26(28(37)33-29(2,3)4)34(18-20-11-12-22(31)17-25(20)32)27(36)19-35(23-9-7-6-8-10-23)40(38,39)24-15-13-21(30)14-16-24/h6-17,26H,5,18-19H2,1-4H3,(H,33,37)/t26-/m1/s1. The molecule has 2 amide bonds. The Morgan fingerprint density at radius 1 is 0.900 bits per heavy atom. The summed E-state index contributed by atoms with van der Waals surface area (Å²) in [7, 11) is -4.18. The SMILES string of the molecule is CC[C@H](C(=O)NC(C)(C)C)N(Cc1ccc(Cl)cc1Cl)C(=O)CN(c1ccccc1)S(=O)(=O)c1ccc(Cl)cc1. The van der Waals surface area contributed by atoms with Gasteiger partial charge in [0.15, 0.2) is 0 Å². The maximum Gasteiger partial charge on any atom is 0.264 e. The number of nitrogens with one attached hydrogen (secondary N) is 1. The predicted octanol–water partition coefficient (Wildman–Crippen LogP) is 6.56. The molecule has 3 aromatic carbocycles. The van der Waals surface area contributed by atoms with E-state index in [0.717, 1.165) is 4.31 Å². The van der Waals surface area contributed by atoms with E-state index < -0.39 is 34.1 Å². The molecule has 0 fully saturated rings. The number of rotatable bonds is 10. The number of amides is 2. The number of halogens is 3. The lowest BCUT2D eigenvalue weighted by Gasteiger charge is -2.35. The van der Waals surface area contributed by atoms with E-state index in [-0.39, 0.29) is 23.8 Å². The molecule has 11 heteroatoms. The van der Waals surface area contributed by atoms with Crippen molar-refractivity contribution in [1.29, 1.82) is 0 Å². The number of carbonyl (C=O) groups excluding carboxylic acids is 2. The van der Waals surface area contributed by atoms with Gasteiger partial charge in [-0.25, -0.2) is 8.42 Å². The number of hydrogen-bond acceptors (Lipinski definition) is 4. The second-order valence-electron chi connectivity index (χ2n) is 10.2. The molecule has 0 spiro atoms. The molecule has 40 heavy (non-hydrogen) atoms. The smallest absolute Gasteiger partial charge is 0.264 e. The van der Waals surface area contributed by atoms with Gasteiger partial charge in [-0.3, -0.25) is 13.9 Å². The van der Waals surface area contributed by atoms with Crippen LogP contribution in [0.5, 0.6) is 0 Å². The van der Waals surface area contributed by atoms with Gasteiger partial charge >= 0.3 is 0 Å². The van der Waals surface area contributed by atoms with Gasteiger partial charge in [0.1, 0.15) is 12.6 Å². The van der Waals surface area contributed by atoms with Crippen molar-refractivity contribution in [1.82, 2.24) is 10.2 Å². The van der Waals surface area contributed by atoms with Crippen molar-refractivity contribution in [3.8, 4) is 0 Å². The molecule has 0 saturated carbocycles. The van der Waals surface area contributed by atoms with Crippen LogP contribution in [-0.4, -0.2) is 43.3 Å². The number of nitrogens with zero attached hydrogens (tertiary/aromatic N) is 2. The van der Waals surface area contributed by atoms with E-state index in [1.54, 1.807) is 55.5 Å². The number of para-hydroxylation sites is 1. The molecular weight excluding hydrogens is 593 g/mol. The van der Waals surface area contributed by atoms with Crippen LogP contribution in [-0.2, 0) is 26.2 Å². The highest BCUT2D eigenvalue weighted by molar-refractivity contribution is 7.92. The summed E-state index contributed by atoms with van der Waals surface area (Å²) < 4.78 is 28.7. The van der Waals surface area contributed by atoms with Crippen molar-refractivity contribution < 1.29 is 18.0 Å². The van der Waals surface area contributed by atoms with Gasteiger partial charge < -0.3 is 10.2 Å². The van der Waals surface area contributed by atoms with E-state index in [1.807, 2.05) is 20.8 Å². The van der Waals surface area contributed by atoms with Crippen molar-refractivity contribution >= 4 is 62.3 Å². The molecule has 214 valence electrons. The summed E-state index contributed by atoms with van der Waals surface area (Å²) in [6, 6.07) is 18.0. The summed E-state index contributed by atoms with van der Waals surface area (Å²) in [6.45, 7) is 6.73. The quantitative estimate of drug-likeness (QED) is 0.277. The molecule has 0 unspecified atom stereocenters. The zero-order valence-electron chi connectivity index (χ0n) is 22.7. The molecule has 0 aliphatic carbocycles. The number of carbonyl (C=O) groups is 2. The van der Waals surface area contributed by atoms with Crippen molar-refractivity contribution in [2.75, 3.05) is 10.8 Å². The Hall–Kier alpha value is -2.78. The van der Waals surface area contributed by atoms with Crippen molar-refractivity contribution in [3.63, 3.8) is 0 Å². The fourth-order valence-corrected chi connectivity index (χ4v) is 6.07. The summed E-state index contributed by atoms with van der Waals surface area (Å²) in [5, 5.41) is 4.06. The Morgan fingerprint density at radius 2 is 1.50 bits per heavy atom. The van der Waals surface area contributed by atoms with Gasteiger partial charge in [-0.15, -0.1) is 0 Å². The van der Waals surface area contributed by atoms with E-state index in [9.17, 15) is 18.0 Å². The molecule has 7 nitrogen and oxygen atoms in total. The molecular formula is C29H32Cl3N3O4S. The lowest BCUT2D eigenvalue weighted by Crippen LogP contribution is -2.55. The third kappa shape index (κ3) is 8.13. The monoisotopic (exact) mass is 623 g/mol. The highest BCUT2D eigenvalue weighted by Crippen LogP contribution is 2.27. The van der Waals surface area contributed by atoms with E-state index >= 15 is 0 Å². The Kier molecular flexibility index (Phi) is 10.5. The average Bonchev–Trinajstić information content (AvgIpc) is 2.88. The van der Waals surface area contributed by atoms with Gasteiger partial charge in [-0.2, -0.15) is 0 Å². The van der Waals surface area contributed by atoms with Crippen LogP contribution < -0.4 is 9.62 Å². The normalized spacial score (nSPS) is 12.5. The summed E-state index contributed by atoms with van der Waals surface area (Å²) in [6.07, 6.45) is 0.286. The molecule has 0 aromatic heterocycles. The van der Waals surface area contributed by atoms with Crippen LogP contribution in [0.25, 0.3) is 0 Å². The molecule has 0 saturated heterocycles. The third-order valence-electron chi connectivity index (χ3n) is 5.96. The molecule has 0 radical (unpaired) electrons. The first-order valence-electron chi connectivity index (χ1n) is 12.6. The Labute approximate surface area is 251 Å². The van der Waals surface area contributed by atoms with Crippen LogP contribution in [0.3, 0.4) is 0 Å². The van der Waals surface area contributed by atoms with Crippen LogP contribution in [0.2, 0.25) is 15.1 Å². The van der Waals surface area contributed by atoms with Crippen molar-refractivity contribution in [2.45, 2.75) is 57.1 Å². The minimum atomic E-state index is -4.18. The predicted molar refractivity (Wildman–Crippen MR) is 161 cm³/mol. The van der Waals surface area contributed by atoms with Crippen molar-refractivity contribution in [3.05, 3.63) is 93.4 Å². The van der Waals surface area contributed by atoms with E-state index in [4.69, 9.17) is 34.8 Å². The highest BCUT2D eigenvalue weighted by atomic mass is 35.5. The average molecular weight is 625 g/mol. The minimum absolute atomic E-state index is 0.0293. The number of hydrogen-bond donors (Lipinski definition) is 1. The van der Waals surface area contributed by atoms with Gasteiger partial charge in [0.05, 0.1) is 10.6 Å². The van der Waals surface area contributed by atoms with Crippen molar-refractivity contribution in [2.24, 2.45) is 0 Å². The summed E-state index contributed by atoms with van der Waals surface area (Å²) in [5.74, 6) is -0.941. The summed E-state index contributed by atoms with van der Waals surface area (Å²) >= 11 is 18.5. The second-order valence-corrected chi connectivity index (χ2v) is 13.4. The Bertz CT molecular complexity index is 1440. The maximum absolute atomic E-state index is 14.1. The number of anilines is 1. The maximum atomic E-state index is 14.1. The molecule has 0 aliphatic rings. The largest absolute Gasteiger partial charge is 0.350 e. The zero-order chi connectivity index (χ0) is 29.7. The topological polar surface area (TPSA) is 86.8 Å². The lowest BCUT2D eigenvalue weighted by atomic mass is 10.1. The summed E-state index contributed by atoms with van der Waals surface area (Å²) in [5.41, 5.74) is 0.307. The zero-order valence-corrected chi connectivity index (χ0v) is 25.8. The fourth-order valence-electron chi connectivity index (χ4n) is 4.06. The van der Waals surface area contributed by atoms with Gasteiger partial charge in [-0.1, -0.05) is 66.0 Å². The van der Waals surface area contributed by atoms with Crippen LogP contribution in [0.4, 0.5) is 5.69 Å². The van der Waals surface area contributed by atoms with Crippen LogP contribution in [0.1, 0.15) is 39.7 Å². The first kappa shape index (κ1) is 31.7. The third-order valence-corrected chi connectivity index (χ3v) is 8.59. The minimum Gasteiger partial charge on any atom is -0.350 e. The first-order chi connectivity index (χ1) is 18.7. The number of sulfonamides is 1. The van der Waals surface area contributed by atoms with Crippen LogP contribution >= 0.6 is 34.8 Å². The van der Waals surface area contributed by atoms with E-state index in [1.165, 1.54) is 29.2 Å². The molecule has 0 bridgehead atoms. The van der Waals surface area contributed by atoms with Gasteiger partial charge in [0.25, 0.3) is 10.0 Å². The second kappa shape index (κ2) is 13.3. The molecule has 0 heterocycles. The Balaban J connectivity index is 2.07. The molecule has 0 aliphatic heterocycles. The molecule has 3 aromatic rings. The van der Waals surface area contributed by atoms with Crippen LogP contribution in [0, 0.1) is 0 Å².